The highest BCUT2D eigenvalue weighted by molar-refractivity contribution is 7.91. The second-order valence-corrected chi connectivity index (χ2v) is 8.60. The predicted octanol–water partition coefficient (Wildman–Crippen LogP) is 1.88. The molecule has 146 valence electrons. The first-order valence-electron chi connectivity index (χ1n) is 8.63. The van der Waals surface area contributed by atoms with Crippen molar-refractivity contribution < 1.29 is 27.1 Å². The van der Waals surface area contributed by atoms with Crippen LogP contribution in [-0.4, -0.2) is 38.2 Å². The molecule has 0 atom stereocenters. The third kappa shape index (κ3) is 6.03. The first kappa shape index (κ1) is 20.8. The summed E-state index contributed by atoms with van der Waals surface area (Å²) < 4.78 is 41.8. The fourth-order valence-corrected chi connectivity index (χ4v) is 4.14. The van der Waals surface area contributed by atoms with Crippen molar-refractivity contribution in [3.8, 4) is 6.07 Å². The number of esters is 1. The number of carbonyl (C=O) groups excluding carboxylic acids is 2. The van der Waals surface area contributed by atoms with Gasteiger partial charge in [-0.15, -0.1) is 0 Å². The zero-order valence-corrected chi connectivity index (χ0v) is 15.6. The Morgan fingerprint density at radius 1 is 1.19 bits per heavy atom. The van der Waals surface area contributed by atoms with Crippen LogP contribution in [-0.2, 0) is 24.2 Å². The molecule has 0 saturated heterocycles. The van der Waals surface area contributed by atoms with Crippen LogP contribution < -0.4 is 5.32 Å². The molecule has 1 saturated carbocycles. The lowest BCUT2D eigenvalue weighted by atomic mass is 9.83. The number of amides is 1. The van der Waals surface area contributed by atoms with Crippen LogP contribution in [0, 0.1) is 17.1 Å². The van der Waals surface area contributed by atoms with Crippen molar-refractivity contribution >= 4 is 21.7 Å². The van der Waals surface area contributed by atoms with E-state index in [9.17, 15) is 27.7 Å². The van der Waals surface area contributed by atoms with Gasteiger partial charge < -0.3 is 10.1 Å². The third-order valence-electron chi connectivity index (χ3n) is 4.41. The van der Waals surface area contributed by atoms with Crippen LogP contribution in [0.15, 0.2) is 29.2 Å². The lowest BCUT2D eigenvalue weighted by molar-refractivity contribution is -0.148. The summed E-state index contributed by atoms with van der Waals surface area (Å²) in [4.78, 5) is 23.6. The van der Waals surface area contributed by atoms with Crippen LogP contribution in [0.25, 0.3) is 0 Å². The Kier molecular flexibility index (Phi) is 6.91. The number of nitriles is 1. The standard InChI is InChI=1S/C18H21FN2O5S/c19-14-4-6-15(7-5-14)27(24,25)11-8-17(23)26-12-16(22)21-18(13-20)9-2-1-3-10-18/h4-7H,1-3,8-12H2,(H,21,22). The SMILES string of the molecule is N#CC1(NC(=O)COC(=O)CCS(=O)(=O)c2ccc(F)cc2)CCCCC1. The Hall–Kier alpha value is -2.47. The zero-order chi connectivity index (χ0) is 19.9. The number of nitrogens with one attached hydrogen (secondary N) is 1. The summed E-state index contributed by atoms with van der Waals surface area (Å²) >= 11 is 0. The van der Waals surface area contributed by atoms with E-state index in [1.54, 1.807) is 0 Å². The van der Waals surface area contributed by atoms with Crippen molar-refractivity contribution in [3.05, 3.63) is 30.1 Å². The molecule has 27 heavy (non-hydrogen) atoms. The van der Waals surface area contributed by atoms with E-state index in [2.05, 4.69) is 11.4 Å². The second kappa shape index (κ2) is 8.95. The summed E-state index contributed by atoms with van der Waals surface area (Å²) in [5, 5.41) is 11.9. The van der Waals surface area contributed by atoms with Crippen molar-refractivity contribution in [3.63, 3.8) is 0 Å². The maximum atomic E-state index is 12.9. The molecular formula is C18H21FN2O5S. The number of carbonyl (C=O) groups is 2. The highest BCUT2D eigenvalue weighted by Crippen LogP contribution is 2.27. The van der Waals surface area contributed by atoms with E-state index in [0.29, 0.717) is 12.8 Å². The molecule has 0 heterocycles. The van der Waals surface area contributed by atoms with Gasteiger partial charge in [-0.05, 0) is 37.1 Å². The molecule has 1 aromatic rings. The van der Waals surface area contributed by atoms with Crippen molar-refractivity contribution in [2.24, 2.45) is 0 Å². The molecule has 1 aromatic carbocycles. The molecule has 0 bridgehead atoms. The predicted molar refractivity (Wildman–Crippen MR) is 93.6 cm³/mol. The fraction of sp³-hybridized carbons (Fsp3) is 0.500. The van der Waals surface area contributed by atoms with E-state index in [1.165, 1.54) is 0 Å². The van der Waals surface area contributed by atoms with Gasteiger partial charge in [0, 0.05) is 0 Å². The first-order valence-corrected chi connectivity index (χ1v) is 10.3. The Balaban J connectivity index is 1.79. The Morgan fingerprint density at radius 2 is 1.81 bits per heavy atom. The fourth-order valence-electron chi connectivity index (χ4n) is 2.92. The molecule has 1 N–H and O–H groups in total. The van der Waals surface area contributed by atoms with Gasteiger partial charge in [0.05, 0.1) is 23.1 Å². The number of benzene rings is 1. The van der Waals surface area contributed by atoms with E-state index in [0.717, 1.165) is 43.5 Å². The van der Waals surface area contributed by atoms with Crippen LogP contribution in [0.1, 0.15) is 38.5 Å². The van der Waals surface area contributed by atoms with Gasteiger partial charge in [0.2, 0.25) is 0 Å². The zero-order valence-electron chi connectivity index (χ0n) is 14.7. The number of hydrogen-bond donors (Lipinski definition) is 1. The van der Waals surface area contributed by atoms with Gasteiger partial charge in [-0.1, -0.05) is 19.3 Å². The molecule has 1 aliphatic carbocycles. The summed E-state index contributed by atoms with van der Waals surface area (Å²) in [5.74, 6) is -2.51. The first-order chi connectivity index (χ1) is 12.8. The van der Waals surface area contributed by atoms with Gasteiger partial charge in [0.15, 0.2) is 16.4 Å². The Labute approximate surface area is 157 Å². The number of nitrogens with zero attached hydrogens (tertiary/aromatic N) is 1. The molecule has 1 amide bonds. The molecular weight excluding hydrogens is 375 g/mol. The van der Waals surface area contributed by atoms with Crippen LogP contribution in [0.5, 0.6) is 0 Å². The Bertz CT molecular complexity index is 824. The summed E-state index contributed by atoms with van der Waals surface area (Å²) in [6.07, 6.45) is 3.37. The normalized spacial score (nSPS) is 16.1. The molecule has 0 spiro atoms. The van der Waals surface area contributed by atoms with E-state index >= 15 is 0 Å². The van der Waals surface area contributed by atoms with E-state index in [1.807, 2.05) is 0 Å². The minimum atomic E-state index is -3.76. The third-order valence-corrected chi connectivity index (χ3v) is 6.14. The molecule has 0 unspecified atom stereocenters. The lowest BCUT2D eigenvalue weighted by Gasteiger charge is -2.31. The van der Waals surface area contributed by atoms with Crippen molar-refractivity contribution in [2.75, 3.05) is 12.4 Å². The van der Waals surface area contributed by atoms with Gasteiger partial charge >= 0.3 is 5.97 Å². The van der Waals surface area contributed by atoms with E-state index in [4.69, 9.17) is 4.74 Å². The van der Waals surface area contributed by atoms with Crippen molar-refractivity contribution in [1.82, 2.24) is 5.32 Å². The number of hydrogen-bond acceptors (Lipinski definition) is 6. The minimum absolute atomic E-state index is 0.0947. The lowest BCUT2D eigenvalue weighted by Crippen LogP contribution is -2.50. The molecule has 1 aliphatic rings. The van der Waals surface area contributed by atoms with Gasteiger partial charge in [0.1, 0.15) is 11.4 Å². The molecule has 0 radical (unpaired) electrons. The molecule has 7 nitrogen and oxygen atoms in total. The van der Waals surface area contributed by atoms with Crippen LogP contribution in [0.4, 0.5) is 4.39 Å². The Morgan fingerprint density at radius 3 is 2.41 bits per heavy atom. The highest BCUT2D eigenvalue weighted by Gasteiger charge is 2.33. The van der Waals surface area contributed by atoms with Crippen LogP contribution in [0.2, 0.25) is 0 Å². The van der Waals surface area contributed by atoms with Crippen LogP contribution in [0.3, 0.4) is 0 Å². The monoisotopic (exact) mass is 396 g/mol. The summed E-state index contributed by atoms with van der Waals surface area (Å²) in [6.45, 7) is -0.571. The van der Waals surface area contributed by atoms with Crippen molar-refractivity contribution in [1.29, 1.82) is 5.26 Å². The number of halogens is 1. The molecule has 0 aromatic heterocycles. The number of ether oxygens (including phenoxy) is 1. The van der Waals surface area contributed by atoms with Gasteiger partial charge in [-0.25, -0.2) is 12.8 Å². The van der Waals surface area contributed by atoms with E-state index < -0.39 is 51.9 Å². The maximum Gasteiger partial charge on any atom is 0.307 e. The van der Waals surface area contributed by atoms with Gasteiger partial charge in [-0.2, -0.15) is 5.26 Å². The molecule has 0 aliphatic heterocycles. The molecule has 2 rings (SSSR count). The topological polar surface area (TPSA) is 113 Å². The second-order valence-electron chi connectivity index (χ2n) is 6.49. The molecule has 9 heteroatoms. The average molecular weight is 396 g/mol. The molecule has 1 fully saturated rings. The summed E-state index contributed by atoms with van der Waals surface area (Å²) in [6, 6.07) is 6.40. The summed E-state index contributed by atoms with van der Waals surface area (Å²) in [7, 11) is -3.76. The number of sulfone groups is 1. The van der Waals surface area contributed by atoms with E-state index in [-0.39, 0.29) is 4.90 Å². The largest absolute Gasteiger partial charge is 0.456 e. The maximum absolute atomic E-state index is 12.9. The summed E-state index contributed by atoms with van der Waals surface area (Å²) in [5.41, 5.74) is -0.923. The minimum Gasteiger partial charge on any atom is -0.456 e. The van der Waals surface area contributed by atoms with Gasteiger partial charge in [0.25, 0.3) is 5.91 Å². The van der Waals surface area contributed by atoms with Gasteiger partial charge in [-0.3, -0.25) is 9.59 Å². The number of rotatable bonds is 7. The van der Waals surface area contributed by atoms with Crippen LogP contribution >= 0.6 is 0 Å². The smallest absolute Gasteiger partial charge is 0.307 e. The highest BCUT2D eigenvalue weighted by atomic mass is 32.2. The van der Waals surface area contributed by atoms with Crippen molar-refractivity contribution in [2.45, 2.75) is 49.0 Å². The average Bonchev–Trinajstić information content (AvgIpc) is 2.66. The quantitative estimate of drug-likeness (QED) is 0.556.